The number of pyridine rings is 2. The van der Waals surface area contributed by atoms with Crippen LogP contribution in [0.5, 0.6) is 0 Å². The van der Waals surface area contributed by atoms with Gasteiger partial charge >= 0.3 is 0 Å². The van der Waals surface area contributed by atoms with Crippen molar-refractivity contribution in [3.05, 3.63) is 59.6 Å². The van der Waals surface area contributed by atoms with E-state index in [0.717, 1.165) is 33.0 Å². The minimum Gasteiger partial charge on any atom is -0.354 e. The number of hydrogen-bond donors (Lipinski definition) is 1. The van der Waals surface area contributed by atoms with Gasteiger partial charge in [0.05, 0.1) is 35.7 Å². The van der Waals surface area contributed by atoms with Crippen molar-refractivity contribution in [2.75, 3.05) is 42.7 Å². The first-order valence-electron chi connectivity index (χ1n) is 10.3. The summed E-state index contributed by atoms with van der Waals surface area (Å²) in [5.41, 5.74) is 3.19. The Hall–Kier alpha value is -3.09. The number of anilines is 3. The van der Waals surface area contributed by atoms with Crippen molar-refractivity contribution in [1.29, 1.82) is 0 Å². The van der Waals surface area contributed by atoms with Gasteiger partial charge < -0.3 is 10.2 Å². The Morgan fingerprint density at radius 2 is 1.79 bits per heavy atom. The quantitative estimate of drug-likeness (QED) is 0.421. The first-order chi connectivity index (χ1) is 15.9. The Labute approximate surface area is 199 Å². The van der Waals surface area contributed by atoms with Crippen LogP contribution in [0.2, 0.25) is 0 Å². The summed E-state index contributed by atoms with van der Waals surface area (Å²) < 4.78 is 27.8. The maximum Gasteiger partial charge on any atom is 0.227 e. The van der Waals surface area contributed by atoms with Crippen LogP contribution in [0, 0.1) is 0 Å². The second-order valence-electron chi connectivity index (χ2n) is 7.66. The fraction of sp³-hybridized carbons (Fsp3) is 0.238. The van der Waals surface area contributed by atoms with Gasteiger partial charge in [-0.3, -0.25) is 4.40 Å². The Morgan fingerprint density at radius 3 is 2.52 bits per heavy atom. The van der Waals surface area contributed by atoms with Crippen LogP contribution in [0.4, 0.5) is 17.5 Å². The van der Waals surface area contributed by atoms with Crippen LogP contribution >= 0.6 is 15.9 Å². The van der Waals surface area contributed by atoms with Crippen LogP contribution in [0.1, 0.15) is 0 Å². The van der Waals surface area contributed by atoms with Gasteiger partial charge in [-0.1, -0.05) is 0 Å². The summed E-state index contributed by atoms with van der Waals surface area (Å²) in [6.07, 6.45) is 8.40. The molecule has 170 valence electrons. The van der Waals surface area contributed by atoms with E-state index in [1.54, 1.807) is 18.6 Å². The number of nitrogens with zero attached hydrogens (tertiary/aromatic N) is 7. The zero-order valence-electron chi connectivity index (χ0n) is 17.8. The maximum absolute atomic E-state index is 11.7. The molecule has 0 radical (unpaired) electrons. The van der Waals surface area contributed by atoms with Gasteiger partial charge in [0, 0.05) is 43.0 Å². The molecule has 33 heavy (non-hydrogen) atoms. The molecule has 4 aromatic heterocycles. The first kappa shape index (κ1) is 21.7. The van der Waals surface area contributed by atoms with Crippen molar-refractivity contribution in [2.24, 2.45) is 0 Å². The summed E-state index contributed by atoms with van der Waals surface area (Å²) in [4.78, 5) is 20.0. The molecule has 10 nitrogen and oxygen atoms in total. The molecule has 1 saturated heterocycles. The third-order valence-corrected chi connectivity index (χ3v) is 7.20. The maximum atomic E-state index is 11.7. The molecule has 4 aromatic rings. The molecule has 1 aliphatic heterocycles. The van der Waals surface area contributed by atoms with Crippen LogP contribution in [0.3, 0.4) is 0 Å². The number of hydrogen-bond acceptors (Lipinski definition) is 8. The van der Waals surface area contributed by atoms with E-state index < -0.39 is 10.0 Å². The fourth-order valence-electron chi connectivity index (χ4n) is 3.73. The van der Waals surface area contributed by atoms with E-state index >= 15 is 0 Å². The molecular formula is C21H21BrN8O2S. The first-order valence-corrected chi connectivity index (χ1v) is 12.9. The molecule has 0 aliphatic carbocycles. The Balaban J connectivity index is 1.30. The van der Waals surface area contributed by atoms with Crippen molar-refractivity contribution in [3.8, 4) is 11.4 Å². The summed E-state index contributed by atoms with van der Waals surface area (Å²) in [6.45, 7) is 2.13. The highest BCUT2D eigenvalue weighted by Crippen LogP contribution is 2.23. The number of rotatable bonds is 5. The summed E-state index contributed by atoms with van der Waals surface area (Å²) in [5.74, 6) is 1.26. The number of imidazole rings is 1. The Bertz CT molecular complexity index is 1400. The van der Waals surface area contributed by atoms with E-state index in [-0.39, 0.29) is 0 Å². The van der Waals surface area contributed by atoms with E-state index in [4.69, 9.17) is 0 Å². The van der Waals surface area contributed by atoms with E-state index in [1.807, 2.05) is 40.9 Å². The van der Waals surface area contributed by atoms with Gasteiger partial charge in [-0.15, -0.1) is 0 Å². The molecule has 0 unspecified atom stereocenters. The minimum absolute atomic E-state index is 0.453. The number of nitrogens with one attached hydrogen (secondary N) is 1. The number of sulfonamides is 1. The molecule has 5 heterocycles. The lowest BCUT2D eigenvalue weighted by Gasteiger charge is -2.33. The summed E-state index contributed by atoms with van der Waals surface area (Å²) in [5, 5.41) is 3.19. The molecule has 0 spiro atoms. The predicted octanol–water partition coefficient (Wildman–Crippen LogP) is 2.77. The second-order valence-corrected chi connectivity index (χ2v) is 10.6. The van der Waals surface area contributed by atoms with Gasteiger partial charge in [-0.05, 0) is 46.3 Å². The third-order valence-electron chi connectivity index (χ3n) is 5.42. The lowest BCUT2D eigenvalue weighted by Crippen LogP contribution is -2.48. The highest BCUT2D eigenvalue weighted by Gasteiger charge is 2.23. The molecule has 1 aliphatic rings. The second kappa shape index (κ2) is 8.69. The standard InChI is InChI=1S/C21H21BrN8O2S/c1-33(31,32)29-10-8-28(9-11-29)19-5-3-16(12-24-19)26-21-23-7-6-17(27-21)18-13-25-20-4-2-15(22)14-30(18)20/h2-7,12-14H,8-11H2,1H3,(H,23,26,27). The summed E-state index contributed by atoms with van der Waals surface area (Å²) in [7, 11) is -3.15. The monoisotopic (exact) mass is 528 g/mol. The minimum atomic E-state index is -3.15. The molecule has 1 fully saturated rings. The molecule has 5 rings (SSSR count). The van der Waals surface area contributed by atoms with Crippen LogP contribution < -0.4 is 10.2 Å². The SMILES string of the molecule is CS(=O)(=O)N1CCN(c2ccc(Nc3nccc(-c4cnc5ccc(Br)cn45)n3)cn2)CC1. The van der Waals surface area contributed by atoms with E-state index in [2.05, 4.69) is 46.1 Å². The van der Waals surface area contributed by atoms with Crippen molar-refractivity contribution in [3.63, 3.8) is 0 Å². The van der Waals surface area contributed by atoms with Crippen LogP contribution in [-0.4, -0.2) is 69.5 Å². The normalized spacial score (nSPS) is 15.2. The number of aromatic nitrogens is 5. The van der Waals surface area contributed by atoms with Crippen molar-refractivity contribution >= 4 is 49.1 Å². The Kier molecular flexibility index (Phi) is 5.72. The number of fused-ring (bicyclic) bond motifs is 1. The molecule has 12 heteroatoms. The Morgan fingerprint density at radius 1 is 0.970 bits per heavy atom. The van der Waals surface area contributed by atoms with Crippen molar-refractivity contribution in [2.45, 2.75) is 0 Å². The molecule has 0 amide bonds. The van der Waals surface area contributed by atoms with Crippen LogP contribution in [0.25, 0.3) is 17.0 Å². The van der Waals surface area contributed by atoms with E-state index in [9.17, 15) is 8.42 Å². The molecule has 0 aromatic carbocycles. The predicted molar refractivity (Wildman–Crippen MR) is 130 cm³/mol. The highest BCUT2D eigenvalue weighted by atomic mass is 79.9. The largest absolute Gasteiger partial charge is 0.354 e. The number of halogens is 1. The molecule has 0 saturated carbocycles. The highest BCUT2D eigenvalue weighted by molar-refractivity contribution is 9.10. The van der Waals surface area contributed by atoms with Crippen molar-refractivity contribution < 1.29 is 8.42 Å². The molecule has 1 N–H and O–H groups in total. The van der Waals surface area contributed by atoms with E-state index in [1.165, 1.54) is 10.6 Å². The summed E-state index contributed by atoms with van der Waals surface area (Å²) in [6, 6.07) is 9.54. The average molecular weight is 529 g/mol. The van der Waals surface area contributed by atoms with Crippen LogP contribution in [0.15, 0.2) is 59.6 Å². The lowest BCUT2D eigenvalue weighted by atomic mass is 10.3. The summed E-state index contributed by atoms with van der Waals surface area (Å²) >= 11 is 3.50. The van der Waals surface area contributed by atoms with Gasteiger partial charge in [0.2, 0.25) is 16.0 Å². The van der Waals surface area contributed by atoms with E-state index in [0.29, 0.717) is 32.1 Å². The molecule has 0 atom stereocenters. The molecule has 0 bridgehead atoms. The third kappa shape index (κ3) is 4.68. The zero-order chi connectivity index (χ0) is 23.0. The smallest absolute Gasteiger partial charge is 0.227 e. The average Bonchev–Trinajstić information content (AvgIpc) is 3.22. The van der Waals surface area contributed by atoms with Gasteiger partial charge in [-0.25, -0.2) is 28.4 Å². The topological polar surface area (TPSA) is 109 Å². The molecular weight excluding hydrogens is 508 g/mol. The fourth-order valence-corrected chi connectivity index (χ4v) is 4.89. The van der Waals surface area contributed by atoms with Gasteiger partial charge in [0.25, 0.3) is 0 Å². The lowest BCUT2D eigenvalue weighted by molar-refractivity contribution is 0.387. The number of piperazine rings is 1. The zero-order valence-corrected chi connectivity index (χ0v) is 20.2. The van der Waals surface area contributed by atoms with Gasteiger partial charge in [0.15, 0.2) is 0 Å². The van der Waals surface area contributed by atoms with Crippen LogP contribution in [-0.2, 0) is 10.0 Å². The van der Waals surface area contributed by atoms with Gasteiger partial charge in [0.1, 0.15) is 11.5 Å². The van der Waals surface area contributed by atoms with Crippen molar-refractivity contribution in [1.82, 2.24) is 28.6 Å². The van der Waals surface area contributed by atoms with Gasteiger partial charge in [-0.2, -0.15) is 4.31 Å².